The molecule has 3 N–H and O–H groups in total. The number of rotatable bonds is 6. The number of anilines is 1. The van der Waals surface area contributed by atoms with E-state index in [-0.39, 0.29) is 35.0 Å². The van der Waals surface area contributed by atoms with Crippen LogP contribution in [0.2, 0.25) is 0 Å². The third kappa shape index (κ3) is 4.36. The van der Waals surface area contributed by atoms with Gasteiger partial charge < -0.3 is 15.8 Å². The highest BCUT2D eigenvalue weighted by molar-refractivity contribution is 5.97. The van der Waals surface area contributed by atoms with Gasteiger partial charge in [-0.1, -0.05) is 55.0 Å². The predicted octanol–water partition coefficient (Wildman–Crippen LogP) is 6.54. The number of fused-ring (bicyclic) bond motifs is 1. The molecular formula is C32H30FN3O2. The van der Waals surface area contributed by atoms with E-state index in [0.29, 0.717) is 5.92 Å². The van der Waals surface area contributed by atoms with E-state index < -0.39 is 0 Å². The molecule has 0 saturated carbocycles. The Labute approximate surface area is 222 Å². The third-order valence-electron chi connectivity index (χ3n) is 7.96. The minimum absolute atomic E-state index is 0.0207. The number of para-hydroxylation sites is 1. The number of hydrogen-bond donors (Lipinski definition) is 3. The molecule has 3 aliphatic rings. The SMILES string of the molecule is C[C@H]1C2=CNN(c3ccc(F)cc3)C2=CC2=C1[C@@H](CC(NC(=O)c1ccccc1O)c1ccccc1)CC2. The average Bonchev–Trinajstić information content (AvgIpc) is 3.54. The summed E-state index contributed by atoms with van der Waals surface area (Å²) in [7, 11) is 0. The number of nitrogens with one attached hydrogen (secondary N) is 2. The van der Waals surface area contributed by atoms with Crippen molar-refractivity contribution in [2.24, 2.45) is 11.8 Å². The van der Waals surface area contributed by atoms with Crippen LogP contribution >= 0.6 is 0 Å². The highest BCUT2D eigenvalue weighted by atomic mass is 19.1. The van der Waals surface area contributed by atoms with Crippen molar-refractivity contribution in [3.63, 3.8) is 0 Å². The van der Waals surface area contributed by atoms with E-state index in [1.54, 1.807) is 30.3 Å². The maximum absolute atomic E-state index is 13.5. The summed E-state index contributed by atoms with van der Waals surface area (Å²) in [4.78, 5) is 13.2. The van der Waals surface area contributed by atoms with Gasteiger partial charge >= 0.3 is 0 Å². The molecule has 0 bridgehead atoms. The summed E-state index contributed by atoms with van der Waals surface area (Å²) in [6.07, 6.45) is 7.09. The minimum atomic E-state index is -0.277. The first kappa shape index (κ1) is 24.0. The first-order chi connectivity index (χ1) is 18.5. The number of phenolic OH excluding ortho intramolecular Hbond substituents is 1. The van der Waals surface area contributed by atoms with Crippen molar-refractivity contribution in [2.45, 2.75) is 32.2 Å². The smallest absolute Gasteiger partial charge is 0.255 e. The number of benzene rings is 3. The van der Waals surface area contributed by atoms with Gasteiger partial charge in [0.05, 0.1) is 23.0 Å². The molecule has 1 amide bonds. The van der Waals surface area contributed by atoms with Crippen LogP contribution in [0.1, 0.15) is 48.1 Å². The molecule has 2 aliphatic carbocycles. The zero-order chi connectivity index (χ0) is 26.2. The monoisotopic (exact) mass is 507 g/mol. The topological polar surface area (TPSA) is 64.6 Å². The lowest BCUT2D eigenvalue weighted by Crippen LogP contribution is -2.31. The molecule has 3 aromatic rings. The van der Waals surface area contributed by atoms with Crippen LogP contribution in [0, 0.1) is 17.7 Å². The summed E-state index contributed by atoms with van der Waals surface area (Å²) < 4.78 is 13.5. The number of hydrazine groups is 1. The van der Waals surface area contributed by atoms with Crippen molar-refractivity contribution >= 4 is 11.6 Å². The molecule has 192 valence electrons. The quantitative estimate of drug-likeness (QED) is 0.354. The normalized spacial score (nSPS) is 20.7. The number of phenols is 1. The van der Waals surface area contributed by atoms with Gasteiger partial charge in [-0.3, -0.25) is 9.80 Å². The molecule has 1 heterocycles. The third-order valence-corrected chi connectivity index (χ3v) is 7.96. The number of allylic oxidation sites excluding steroid dienone is 4. The standard InChI is InChI=1S/C32H30FN3O2/c1-20-27-19-34-36(25-15-13-24(33)14-16-25)29(27)18-23-12-11-22(31(20)23)17-28(21-7-3-2-4-8-21)35-32(38)26-9-5-6-10-30(26)37/h2-10,13-16,18-20,22,28,34,37H,11-12,17H2,1H3,(H,35,38)/t20-,22+,28?/m0/s1. The Hall–Kier alpha value is -4.32. The molecular weight excluding hydrogens is 477 g/mol. The fourth-order valence-electron chi connectivity index (χ4n) is 6.11. The van der Waals surface area contributed by atoms with E-state index in [2.05, 4.69) is 23.7 Å². The number of carbonyl (C=O) groups excluding carboxylic acids is 1. The van der Waals surface area contributed by atoms with Crippen molar-refractivity contribution in [3.8, 4) is 5.75 Å². The highest BCUT2D eigenvalue weighted by Gasteiger charge is 2.39. The summed E-state index contributed by atoms with van der Waals surface area (Å²) in [5.74, 6) is -0.0132. The number of amides is 1. The molecule has 0 spiro atoms. The Morgan fingerprint density at radius 3 is 2.58 bits per heavy atom. The molecule has 0 aromatic heterocycles. The van der Waals surface area contributed by atoms with Crippen LogP contribution in [0.5, 0.6) is 5.75 Å². The molecule has 5 nitrogen and oxygen atoms in total. The summed E-state index contributed by atoms with van der Waals surface area (Å²) >= 11 is 0. The Kier molecular flexibility index (Phi) is 6.24. The van der Waals surface area contributed by atoms with E-state index in [9.17, 15) is 14.3 Å². The zero-order valence-corrected chi connectivity index (χ0v) is 21.2. The lowest BCUT2D eigenvalue weighted by atomic mass is 9.78. The van der Waals surface area contributed by atoms with Crippen LogP contribution in [0.3, 0.4) is 0 Å². The molecule has 1 aliphatic heterocycles. The fourth-order valence-corrected chi connectivity index (χ4v) is 6.11. The molecule has 1 unspecified atom stereocenters. The van der Waals surface area contributed by atoms with Gasteiger partial charge in [-0.15, -0.1) is 0 Å². The molecule has 0 fully saturated rings. The van der Waals surface area contributed by atoms with Crippen LogP contribution in [0.25, 0.3) is 0 Å². The zero-order valence-electron chi connectivity index (χ0n) is 21.2. The lowest BCUT2D eigenvalue weighted by Gasteiger charge is -2.31. The second kappa shape index (κ2) is 9.86. The maximum Gasteiger partial charge on any atom is 0.255 e. The van der Waals surface area contributed by atoms with Gasteiger partial charge in [0.2, 0.25) is 0 Å². The van der Waals surface area contributed by atoms with E-state index >= 15 is 0 Å². The van der Waals surface area contributed by atoms with E-state index in [1.165, 1.54) is 34.9 Å². The number of halogens is 1. The Morgan fingerprint density at radius 2 is 1.82 bits per heavy atom. The second-order valence-electron chi connectivity index (χ2n) is 10.2. The number of aromatic hydroxyl groups is 1. The Bertz CT molecular complexity index is 1460. The van der Waals surface area contributed by atoms with E-state index in [0.717, 1.165) is 36.2 Å². The molecule has 0 saturated heterocycles. The van der Waals surface area contributed by atoms with Crippen molar-refractivity contribution in [1.82, 2.24) is 10.7 Å². The summed E-state index contributed by atoms with van der Waals surface area (Å²) in [5.41, 5.74) is 10.7. The van der Waals surface area contributed by atoms with Crippen LogP contribution in [0.4, 0.5) is 10.1 Å². The number of carbonyl (C=O) groups is 1. The second-order valence-corrected chi connectivity index (χ2v) is 10.2. The molecule has 6 rings (SSSR count). The first-order valence-electron chi connectivity index (χ1n) is 13.1. The Morgan fingerprint density at radius 1 is 1.08 bits per heavy atom. The maximum atomic E-state index is 13.5. The van der Waals surface area contributed by atoms with E-state index in [4.69, 9.17) is 0 Å². The van der Waals surface area contributed by atoms with Crippen molar-refractivity contribution in [2.75, 3.05) is 5.01 Å². The minimum Gasteiger partial charge on any atom is -0.507 e. The van der Waals surface area contributed by atoms with Gasteiger partial charge in [0.1, 0.15) is 11.6 Å². The van der Waals surface area contributed by atoms with Gasteiger partial charge in [0.15, 0.2) is 0 Å². The summed E-state index contributed by atoms with van der Waals surface area (Å²) in [5, 5.41) is 15.5. The molecule has 6 heteroatoms. The van der Waals surface area contributed by atoms with Crippen LogP contribution < -0.4 is 15.8 Å². The van der Waals surface area contributed by atoms with Crippen molar-refractivity contribution in [3.05, 3.63) is 130 Å². The van der Waals surface area contributed by atoms with Gasteiger partial charge in [-0.2, -0.15) is 0 Å². The van der Waals surface area contributed by atoms with Crippen LogP contribution in [-0.4, -0.2) is 11.0 Å². The predicted molar refractivity (Wildman–Crippen MR) is 146 cm³/mol. The fraction of sp³-hybridized carbons (Fsp3) is 0.219. The molecule has 0 radical (unpaired) electrons. The molecule has 38 heavy (non-hydrogen) atoms. The first-order valence-corrected chi connectivity index (χ1v) is 13.1. The molecule has 3 aromatic carbocycles. The van der Waals surface area contributed by atoms with Gasteiger partial charge in [0.25, 0.3) is 5.91 Å². The van der Waals surface area contributed by atoms with Crippen molar-refractivity contribution in [1.29, 1.82) is 0 Å². The average molecular weight is 508 g/mol. The lowest BCUT2D eigenvalue weighted by molar-refractivity contribution is 0.0929. The van der Waals surface area contributed by atoms with E-state index in [1.807, 2.05) is 41.5 Å². The molecule has 3 atom stereocenters. The van der Waals surface area contributed by atoms with Crippen LogP contribution in [0.15, 0.2) is 114 Å². The number of nitrogens with zero attached hydrogens (tertiary/aromatic N) is 1. The van der Waals surface area contributed by atoms with Gasteiger partial charge in [-0.25, -0.2) is 4.39 Å². The van der Waals surface area contributed by atoms with Crippen molar-refractivity contribution < 1.29 is 14.3 Å². The van der Waals surface area contributed by atoms with Gasteiger partial charge in [-0.05, 0) is 78.8 Å². The summed E-state index contributed by atoms with van der Waals surface area (Å²) in [6, 6.07) is 23.0. The van der Waals surface area contributed by atoms with Gasteiger partial charge in [0, 0.05) is 17.7 Å². The van der Waals surface area contributed by atoms with Crippen LogP contribution in [-0.2, 0) is 0 Å². The Balaban J connectivity index is 1.28. The summed E-state index contributed by atoms with van der Waals surface area (Å²) in [6.45, 7) is 2.25. The largest absolute Gasteiger partial charge is 0.507 e. The highest BCUT2D eigenvalue weighted by Crippen LogP contribution is 2.49. The number of hydrogen-bond acceptors (Lipinski definition) is 4.